The van der Waals surface area contributed by atoms with Gasteiger partial charge in [0.05, 0.1) is 12.1 Å². The first kappa shape index (κ1) is 15.0. The number of nitrogens with two attached hydrogens (primary N) is 1. The lowest BCUT2D eigenvalue weighted by atomic mass is 10.1. The Hall–Kier alpha value is -1.39. The van der Waals surface area contributed by atoms with Crippen LogP contribution in [0.25, 0.3) is 0 Å². The van der Waals surface area contributed by atoms with Gasteiger partial charge in [0.25, 0.3) is 0 Å². The summed E-state index contributed by atoms with van der Waals surface area (Å²) in [7, 11) is 0. The Bertz CT molecular complexity index is 402. The third kappa shape index (κ3) is 4.94. The Balaban J connectivity index is 1.66. The van der Waals surface area contributed by atoms with E-state index < -0.39 is 6.04 Å². The van der Waals surface area contributed by atoms with Gasteiger partial charge in [-0.2, -0.15) is 0 Å². The van der Waals surface area contributed by atoms with Crippen molar-refractivity contribution in [2.75, 3.05) is 13.2 Å². The van der Waals surface area contributed by atoms with Crippen LogP contribution < -0.4 is 11.1 Å². The van der Waals surface area contributed by atoms with Gasteiger partial charge >= 0.3 is 0 Å². The molecule has 1 aliphatic rings. The van der Waals surface area contributed by atoms with Crippen LogP contribution in [0.3, 0.4) is 0 Å². The summed E-state index contributed by atoms with van der Waals surface area (Å²) in [6.45, 7) is 1.50. The van der Waals surface area contributed by atoms with Gasteiger partial charge in [0.2, 0.25) is 5.91 Å². The van der Waals surface area contributed by atoms with Gasteiger partial charge in [0, 0.05) is 13.2 Å². The van der Waals surface area contributed by atoms with Crippen LogP contribution in [0.1, 0.15) is 31.2 Å². The zero-order chi connectivity index (χ0) is 14.2. The second-order valence-corrected chi connectivity index (χ2v) is 5.36. The predicted octanol–water partition coefficient (Wildman–Crippen LogP) is 1.63. The molecule has 110 valence electrons. The van der Waals surface area contributed by atoms with Crippen LogP contribution in [0.5, 0.6) is 0 Å². The van der Waals surface area contributed by atoms with Crippen molar-refractivity contribution in [1.29, 1.82) is 0 Å². The molecule has 1 aromatic carbocycles. The van der Waals surface area contributed by atoms with E-state index in [2.05, 4.69) is 5.32 Å². The van der Waals surface area contributed by atoms with Gasteiger partial charge in [-0.1, -0.05) is 30.3 Å². The molecule has 0 radical (unpaired) electrons. The molecule has 4 heteroatoms. The first-order valence-corrected chi connectivity index (χ1v) is 7.44. The third-order valence-electron chi connectivity index (χ3n) is 3.67. The van der Waals surface area contributed by atoms with Crippen LogP contribution in [0.15, 0.2) is 30.3 Å². The summed E-state index contributed by atoms with van der Waals surface area (Å²) in [5, 5.41) is 2.91. The van der Waals surface area contributed by atoms with Gasteiger partial charge in [-0.15, -0.1) is 0 Å². The smallest absolute Gasteiger partial charge is 0.237 e. The first-order valence-electron chi connectivity index (χ1n) is 7.44. The van der Waals surface area contributed by atoms with E-state index in [0.29, 0.717) is 19.1 Å². The molecule has 1 amide bonds. The summed E-state index contributed by atoms with van der Waals surface area (Å²) in [6, 6.07) is 9.37. The minimum absolute atomic E-state index is 0.0790. The molecule has 1 heterocycles. The largest absolute Gasteiger partial charge is 0.378 e. The van der Waals surface area contributed by atoms with Gasteiger partial charge in [0.1, 0.15) is 0 Å². The zero-order valence-corrected chi connectivity index (χ0v) is 11.9. The lowest BCUT2D eigenvalue weighted by Gasteiger charge is -2.22. The molecule has 2 rings (SSSR count). The highest BCUT2D eigenvalue weighted by Crippen LogP contribution is 2.14. The molecule has 1 unspecified atom stereocenters. The predicted molar refractivity (Wildman–Crippen MR) is 79.3 cm³/mol. The van der Waals surface area contributed by atoms with E-state index >= 15 is 0 Å². The Kier molecular flexibility index (Phi) is 6.02. The number of nitrogens with one attached hydrogen (secondary N) is 1. The second kappa shape index (κ2) is 8.02. The Labute approximate surface area is 120 Å². The highest BCUT2D eigenvalue weighted by molar-refractivity contribution is 5.81. The number of hydrogen-bond donors (Lipinski definition) is 2. The van der Waals surface area contributed by atoms with Crippen LogP contribution in [-0.2, 0) is 16.0 Å². The maximum Gasteiger partial charge on any atom is 0.237 e. The number of hydrogen-bond acceptors (Lipinski definition) is 3. The van der Waals surface area contributed by atoms with Crippen molar-refractivity contribution in [2.24, 2.45) is 5.73 Å². The van der Waals surface area contributed by atoms with Gasteiger partial charge in [0.15, 0.2) is 0 Å². The van der Waals surface area contributed by atoms with Crippen molar-refractivity contribution in [3.63, 3.8) is 0 Å². The summed E-state index contributed by atoms with van der Waals surface area (Å²) >= 11 is 0. The van der Waals surface area contributed by atoms with Crippen molar-refractivity contribution < 1.29 is 9.53 Å². The van der Waals surface area contributed by atoms with E-state index in [1.54, 1.807) is 0 Å². The standard InChI is InChI=1S/C16H24N2O2/c17-15(12-13-6-2-1-3-7-13)16(19)18-10-9-14-8-4-5-11-20-14/h1-3,6-7,14-15H,4-5,8-12,17H2,(H,18,19)/t14?,15-/m0/s1. The second-order valence-electron chi connectivity index (χ2n) is 5.36. The van der Waals surface area contributed by atoms with Gasteiger partial charge < -0.3 is 15.8 Å². The van der Waals surface area contributed by atoms with Crippen molar-refractivity contribution in [3.8, 4) is 0 Å². The molecule has 4 nitrogen and oxygen atoms in total. The molecule has 2 atom stereocenters. The average molecular weight is 276 g/mol. The lowest BCUT2D eigenvalue weighted by Crippen LogP contribution is -2.43. The number of rotatable bonds is 6. The fourth-order valence-electron chi connectivity index (χ4n) is 2.48. The van der Waals surface area contributed by atoms with E-state index in [1.807, 2.05) is 30.3 Å². The molecule has 0 saturated carbocycles. The van der Waals surface area contributed by atoms with Crippen molar-refractivity contribution in [3.05, 3.63) is 35.9 Å². The zero-order valence-electron chi connectivity index (χ0n) is 11.9. The first-order chi connectivity index (χ1) is 9.75. The molecular weight excluding hydrogens is 252 g/mol. The molecule has 0 bridgehead atoms. The molecule has 0 aliphatic carbocycles. The van der Waals surface area contributed by atoms with E-state index in [1.165, 1.54) is 6.42 Å². The summed E-state index contributed by atoms with van der Waals surface area (Å²) in [4.78, 5) is 11.9. The van der Waals surface area contributed by atoms with E-state index in [-0.39, 0.29) is 5.91 Å². The lowest BCUT2D eigenvalue weighted by molar-refractivity contribution is -0.122. The van der Waals surface area contributed by atoms with E-state index in [9.17, 15) is 4.79 Å². The summed E-state index contributed by atoms with van der Waals surface area (Å²) in [5.41, 5.74) is 7.01. The molecule has 0 spiro atoms. The quantitative estimate of drug-likeness (QED) is 0.830. The normalized spacial score (nSPS) is 20.4. The summed E-state index contributed by atoms with van der Waals surface area (Å²) in [5.74, 6) is -0.0790. The molecule has 1 aromatic rings. The van der Waals surface area contributed by atoms with E-state index in [4.69, 9.17) is 10.5 Å². The third-order valence-corrected chi connectivity index (χ3v) is 3.67. The van der Waals surface area contributed by atoms with Crippen LogP contribution in [-0.4, -0.2) is 31.2 Å². The van der Waals surface area contributed by atoms with Crippen LogP contribution in [0, 0.1) is 0 Å². The van der Waals surface area contributed by atoms with Crippen LogP contribution in [0.4, 0.5) is 0 Å². The molecule has 3 N–H and O–H groups in total. The topological polar surface area (TPSA) is 64.4 Å². The fraction of sp³-hybridized carbons (Fsp3) is 0.562. The van der Waals surface area contributed by atoms with Crippen molar-refractivity contribution in [2.45, 2.75) is 44.2 Å². The van der Waals surface area contributed by atoms with Crippen molar-refractivity contribution in [1.82, 2.24) is 5.32 Å². The molecule has 20 heavy (non-hydrogen) atoms. The maximum absolute atomic E-state index is 11.9. The summed E-state index contributed by atoms with van der Waals surface area (Å²) in [6.07, 6.45) is 5.24. The number of carbonyl (C=O) groups is 1. The molecule has 1 aliphatic heterocycles. The van der Waals surface area contributed by atoms with Gasteiger partial charge in [-0.25, -0.2) is 0 Å². The summed E-state index contributed by atoms with van der Waals surface area (Å²) < 4.78 is 5.63. The Morgan fingerprint density at radius 1 is 1.35 bits per heavy atom. The molecule has 1 saturated heterocycles. The van der Waals surface area contributed by atoms with Gasteiger partial charge in [-0.05, 0) is 37.7 Å². The molecule has 1 fully saturated rings. The highest BCUT2D eigenvalue weighted by Gasteiger charge is 2.16. The maximum atomic E-state index is 11.9. The number of amides is 1. The average Bonchev–Trinajstić information content (AvgIpc) is 2.49. The van der Waals surface area contributed by atoms with E-state index in [0.717, 1.165) is 31.4 Å². The minimum atomic E-state index is -0.482. The van der Waals surface area contributed by atoms with Gasteiger partial charge in [-0.3, -0.25) is 4.79 Å². The monoisotopic (exact) mass is 276 g/mol. The fourth-order valence-corrected chi connectivity index (χ4v) is 2.48. The number of benzene rings is 1. The van der Waals surface area contributed by atoms with Crippen LogP contribution >= 0.6 is 0 Å². The Morgan fingerprint density at radius 2 is 2.15 bits per heavy atom. The Morgan fingerprint density at radius 3 is 2.85 bits per heavy atom. The number of ether oxygens (including phenoxy) is 1. The van der Waals surface area contributed by atoms with Crippen molar-refractivity contribution >= 4 is 5.91 Å². The number of carbonyl (C=O) groups excluding carboxylic acids is 1. The SMILES string of the molecule is N[C@@H](Cc1ccccc1)C(=O)NCCC1CCCCO1. The van der Waals surface area contributed by atoms with Crippen LogP contribution in [0.2, 0.25) is 0 Å². The highest BCUT2D eigenvalue weighted by atomic mass is 16.5. The molecular formula is C16H24N2O2. The molecule has 0 aromatic heterocycles. The minimum Gasteiger partial charge on any atom is -0.378 e.